The number of amides is 1. The zero-order valence-corrected chi connectivity index (χ0v) is 10.3. The van der Waals surface area contributed by atoms with Crippen LogP contribution in [0, 0.1) is 6.92 Å². The molecule has 0 fully saturated rings. The molecule has 0 saturated heterocycles. The van der Waals surface area contributed by atoms with Crippen molar-refractivity contribution >= 4 is 23.6 Å². The molecule has 1 rings (SSSR count). The van der Waals surface area contributed by atoms with Crippen LogP contribution in [0.2, 0.25) is 0 Å². The molecule has 17 heavy (non-hydrogen) atoms. The number of thioether (sulfide) groups is 1. The topological polar surface area (TPSA) is 92.2 Å². The summed E-state index contributed by atoms with van der Waals surface area (Å²) in [6, 6.07) is -0.918. The fourth-order valence-corrected chi connectivity index (χ4v) is 2.07. The van der Waals surface area contributed by atoms with Gasteiger partial charge in [0, 0.05) is 25.1 Å². The highest BCUT2D eigenvalue weighted by Gasteiger charge is 2.19. The van der Waals surface area contributed by atoms with Crippen molar-refractivity contribution in [3.63, 3.8) is 0 Å². The summed E-state index contributed by atoms with van der Waals surface area (Å²) in [5.41, 5.74) is 0.740. The van der Waals surface area contributed by atoms with Gasteiger partial charge in [-0.25, -0.2) is 9.78 Å². The number of carbonyl (C=O) groups excluding carboxylic acids is 1. The molecule has 0 aliphatic heterocycles. The zero-order valence-electron chi connectivity index (χ0n) is 9.51. The molecule has 1 amide bonds. The predicted octanol–water partition coefficient (Wildman–Crippen LogP) is 0.466. The van der Waals surface area contributed by atoms with E-state index in [-0.39, 0.29) is 11.7 Å². The van der Waals surface area contributed by atoms with E-state index in [9.17, 15) is 9.59 Å². The van der Waals surface area contributed by atoms with Crippen LogP contribution in [0.1, 0.15) is 12.6 Å². The number of rotatable bonds is 5. The van der Waals surface area contributed by atoms with Gasteiger partial charge in [0.25, 0.3) is 0 Å². The highest BCUT2D eigenvalue weighted by Crippen LogP contribution is 2.18. The maximum Gasteiger partial charge on any atom is 0.327 e. The number of aliphatic carboxylic acids is 1. The SMILES string of the molecule is CC(=O)N[C@@H](CSc1nccnc1C)C(=O)O. The third-order valence-corrected chi connectivity index (χ3v) is 3.07. The fraction of sp³-hybridized carbons (Fsp3) is 0.400. The number of hydrogen-bond donors (Lipinski definition) is 2. The van der Waals surface area contributed by atoms with Gasteiger partial charge in [-0.15, -0.1) is 11.8 Å². The number of carbonyl (C=O) groups is 2. The quantitative estimate of drug-likeness (QED) is 0.743. The van der Waals surface area contributed by atoms with Crippen LogP contribution in [0.15, 0.2) is 17.4 Å². The molecule has 0 aliphatic rings. The molecule has 6 nitrogen and oxygen atoms in total. The second-order valence-corrected chi connectivity index (χ2v) is 4.36. The van der Waals surface area contributed by atoms with E-state index < -0.39 is 12.0 Å². The Morgan fingerprint density at radius 1 is 1.47 bits per heavy atom. The minimum Gasteiger partial charge on any atom is -0.480 e. The molecule has 0 bridgehead atoms. The average Bonchev–Trinajstić information content (AvgIpc) is 2.25. The molecule has 0 unspecified atom stereocenters. The van der Waals surface area contributed by atoms with Crippen LogP contribution in [0.5, 0.6) is 0 Å². The Balaban J connectivity index is 2.61. The van der Waals surface area contributed by atoms with Crippen LogP contribution in [-0.4, -0.2) is 38.7 Å². The van der Waals surface area contributed by atoms with Gasteiger partial charge in [0.05, 0.1) is 5.69 Å². The number of nitrogens with one attached hydrogen (secondary N) is 1. The Hall–Kier alpha value is -1.63. The van der Waals surface area contributed by atoms with Crippen molar-refractivity contribution in [2.45, 2.75) is 24.9 Å². The van der Waals surface area contributed by atoms with Crippen molar-refractivity contribution in [1.29, 1.82) is 0 Å². The number of hydrogen-bond acceptors (Lipinski definition) is 5. The maximum atomic E-state index is 10.9. The van der Waals surface area contributed by atoms with Crippen molar-refractivity contribution in [2.24, 2.45) is 0 Å². The Morgan fingerprint density at radius 2 is 2.12 bits per heavy atom. The van der Waals surface area contributed by atoms with Crippen LogP contribution in [0.4, 0.5) is 0 Å². The van der Waals surface area contributed by atoms with E-state index in [2.05, 4.69) is 15.3 Å². The number of carboxylic acid groups (broad SMARTS) is 1. The Labute approximate surface area is 103 Å². The minimum atomic E-state index is -1.06. The number of aryl methyl sites for hydroxylation is 1. The summed E-state index contributed by atoms with van der Waals surface area (Å²) in [6.07, 6.45) is 3.12. The fourth-order valence-electron chi connectivity index (χ4n) is 1.12. The Morgan fingerprint density at radius 3 is 2.65 bits per heavy atom. The number of nitrogens with zero attached hydrogens (tertiary/aromatic N) is 2. The second kappa shape index (κ2) is 6.19. The van der Waals surface area contributed by atoms with Gasteiger partial charge in [0.2, 0.25) is 5.91 Å². The number of carboxylic acids is 1. The summed E-state index contributed by atoms with van der Waals surface area (Å²) in [6.45, 7) is 3.08. The molecule has 1 heterocycles. The largest absolute Gasteiger partial charge is 0.480 e. The summed E-state index contributed by atoms with van der Waals surface area (Å²) in [7, 11) is 0. The molecule has 92 valence electrons. The molecule has 0 saturated carbocycles. The molecular formula is C10H13N3O3S. The summed E-state index contributed by atoms with van der Waals surface area (Å²) in [5.74, 6) is -1.21. The van der Waals surface area contributed by atoms with E-state index in [1.54, 1.807) is 19.3 Å². The molecule has 7 heteroatoms. The van der Waals surface area contributed by atoms with Crippen molar-refractivity contribution < 1.29 is 14.7 Å². The van der Waals surface area contributed by atoms with Gasteiger partial charge in [0.1, 0.15) is 11.1 Å². The molecule has 0 aromatic carbocycles. The predicted molar refractivity (Wildman–Crippen MR) is 62.7 cm³/mol. The monoisotopic (exact) mass is 255 g/mol. The van der Waals surface area contributed by atoms with E-state index in [0.29, 0.717) is 5.03 Å². The molecule has 0 radical (unpaired) electrons. The van der Waals surface area contributed by atoms with E-state index in [1.165, 1.54) is 18.7 Å². The lowest BCUT2D eigenvalue weighted by Crippen LogP contribution is -2.41. The van der Waals surface area contributed by atoms with Crippen molar-refractivity contribution in [2.75, 3.05) is 5.75 Å². The molecule has 0 aliphatic carbocycles. The lowest BCUT2D eigenvalue weighted by Gasteiger charge is -2.12. The van der Waals surface area contributed by atoms with Crippen molar-refractivity contribution in [3.05, 3.63) is 18.1 Å². The Bertz CT molecular complexity index is 425. The molecule has 1 atom stereocenters. The summed E-state index contributed by atoms with van der Waals surface area (Å²) in [4.78, 5) is 29.8. The first-order valence-electron chi connectivity index (χ1n) is 4.91. The highest BCUT2D eigenvalue weighted by molar-refractivity contribution is 7.99. The first-order valence-corrected chi connectivity index (χ1v) is 5.89. The van der Waals surface area contributed by atoms with Gasteiger partial charge >= 0.3 is 5.97 Å². The molecule has 1 aromatic rings. The van der Waals surface area contributed by atoms with Gasteiger partial charge in [-0.1, -0.05) is 0 Å². The highest BCUT2D eigenvalue weighted by atomic mass is 32.2. The standard InChI is InChI=1S/C10H13N3O3S/c1-6-9(12-4-3-11-6)17-5-8(10(15)16)13-7(2)14/h3-4,8H,5H2,1-2H3,(H,13,14)(H,15,16)/t8-/m0/s1. The first-order chi connectivity index (χ1) is 8.00. The van der Waals surface area contributed by atoms with Crippen molar-refractivity contribution in [3.8, 4) is 0 Å². The summed E-state index contributed by atoms with van der Waals surface area (Å²) in [5, 5.41) is 11.9. The van der Waals surface area contributed by atoms with E-state index in [0.717, 1.165) is 5.69 Å². The summed E-state index contributed by atoms with van der Waals surface area (Å²) >= 11 is 1.26. The zero-order chi connectivity index (χ0) is 12.8. The van der Waals surface area contributed by atoms with Crippen LogP contribution >= 0.6 is 11.8 Å². The van der Waals surface area contributed by atoms with Gasteiger partial charge in [0.15, 0.2) is 0 Å². The molecule has 0 spiro atoms. The van der Waals surface area contributed by atoms with Crippen LogP contribution in [-0.2, 0) is 9.59 Å². The molecule has 2 N–H and O–H groups in total. The van der Waals surface area contributed by atoms with Crippen LogP contribution < -0.4 is 5.32 Å². The lowest BCUT2D eigenvalue weighted by atomic mass is 10.3. The lowest BCUT2D eigenvalue weighted by molar-refractivity contribution is -0.140. The normalized spacial score (nSPS) is 11.9. The van der Waals surface area contributed by atoms with Crippen LogP contribution in [0.3, 0.4) is 0 Å². The minimum absolute atomic E-state index is 0.217. The Kier molecular flexibility index (Phi) is 4.89. The van der Waals surface area contributed by atoms with E-state index in [1.807, 2.05) is 0 Å². The van der Waals surface area contributed by atoms with Gasteiger partial charge in [-0.2, -0.15) is 0 Å². The van der Waals surface area contributed by atoms with E-state index in [4.69, 9.17) is 5.11 Å². The van der Waals surface area contributed by atoms with Gasteiger partial charge in [-0.3, -0.25) is 9.78 Å². The number of aromatic nitrogens is 2. The average molecular weight is 255 g/mol. The molecular weight excluding hydrogens is 242 g/mol. The summed E-state index contributed by atoms with van der Waals surface area (Å²) < 4.78 is 0. The van der Waals surface area contributed by atoms with Gasteiger partial charge < -0.3 is 10.4 Å². The van der Waals surface area contributed by atoms with E-state index >= 15 is 0 Å². The second-order valence-electron chi connectivity index (χ2n) is 3.35. The third-order valence-electron chi connectivity index (χ3n) is 1.90. The van der Waals surface area contributed by atoms with Crippen molar-refractivity contribution in [1.82, 2.24) is 15.3 Å². The first kappa shape index (κ1) is 13.4. The smallest absolute Gasteiger partial charge is 0.327 e. The van der Waals surface area contributed by atoms with Crippen LogP contribution in [0.25, 0.3) is 0 Å². The third kappa shape index (κ3) is 4.39. The maximum absolute atomic E-state index is 10.9. The molecule has 1 aromatic heterocycles. The van der Waals surface area contributed by atoms with Gasteiger partial charge in [-0.05, 0) is 6.92 Å².